The van der Waals surface area contributed by atoms with Crippen LogP contribution in [0.4, 0.5) is 4.79 Å². The number of amides is 2. The number of thiocarbonyl (C=S) groups is 1. The van der Waals surface area contributed by atoms with Crippen molar-refractivity contribution in [3.8, 4) is 0 Å². The first-order valence-corrected chi connectivity index (χ1v) is 4.79. The van der Waals surface area contributed by atoms with Gasteiger partial charge in [0, 0.05) is 19.0 Å². The Balaban J connectivity index is 3.59. The maximum atomic E-state index is 11.1. The second-order valence-corrected chi connectivity index (χ2v) is 3.50. The summed E-state index contributed by atoms with van der Waals surface area (Å²) in [5.74, 6) is 0. The normalized spacial score (nSPS) is 11.8. The van der Waals surface area contributed by atoms with Gasteiger partial charge in [0.2, 0.25) is 0 Å². The Morgan fingerprint density at radius 3 is 2.69 bits per heavy atom. The highest BCUT2D eigenvalue weighted by Gasteiger charge is 2.06. The average Bonchev–Trinajstić information content (AvgIpc) is 1.98. The van der Waals surface area contributed by atoms with Gasteiger partial charge in [0.1, 0.15) is 0 Å². The van der Waals surface area contributed by atoms with Crippen molar-refractivity contribution in [2.45, 2.75) is 32.7 Å². The number of urea groups is 1. The highest BCUT2D eigenvalue weighted by molar-refractivity contribution is 7.80. The highest BCUT2D eigenvalue weighted by atomic mass is 32.1. The molecule has 0 bridgehead atoms. The lowest BCUT2D eigenvalue weighted by Gasteiger charge is -2.13. The summed E-state index contributed by atoms with van der Waals surface area (Å²) < 4.78 is 0. The lowest BCUT2D eigenvalue weighted by atomic mass is 10.2. The van der Waals surface area contributed by atoms with E-state index in [2.05, 4.69) is 10.6 Å². The zero-order valence-electron chi connectivity index (χ0n) is 8.09. The summed E-state index contributed by atoms with van der Waals surface area (Å²) in [5, 5.41) is 5.43. The monoisotopic (exact) mass is 203 g/mol. The van der Waals surface area contributed by atoms with E-state index < -0.39 is 0 Å². The number of carbonyl (C=O) groups excluding carboxylic acids is 1. The molecule has 4 N–H and O–H groups in total. The van der Waals surface area contributed by atoms with Crippen molar-refractivity contribution in [2.24, 2.45) is 5.73 Å². The standard InChI is InChI=1S/C8H17N3OS/c1-3-4-10-8(12)11-6(2)5-7(9)13/h6H,3-5H2,1-2H3,(H2,9,13)(H2,10,11,12). The molecule has 0 spiro atoms. The van der Waals surface area contributed by atoms with Gasteiger partial charge in [-0.15, -0.1) is 0 Å². The van der Waals surface area contributed by atoms with Crippen LogP contribution in [0.1, 0.15) is 26.7 Å². The molecule has 0 aromatic heterocycles. The fraction of sp³-hybridized carbons (Fsp3) is 0.750. The summed E-state index contributed by atoms with van der Waals surface area (Å²) in [5.41, 5.74) is 5.33. The lowest BCUT2D eigenvalue weighted by Crippen LogP contribution is -2.42. The molecular weight excluding hydrogens is 186 g/mol. The zero-order valence-corrected chi connectivity index (χ0v) is 8.91. The van der Waals surface area contributed by atoms with Gasteiger partial charge >= 0.3 is 6.03 Å². The molecule has 5 heteroatoms. The van der Waals surface area contributed by atoms with E-state index >= 15 is 0 Å². The van der Waals surface area contributed by atoms with Crippen LogP contribution in [0.25, 0.3) is 0 Å². The molecule has 0 saturated heterocycles. The summed E-state index contributed by atoms with van der Waals surface area (Å²) in [6.45, 7) is 4.55. The Morgan fingerprint density at radius 2 is 2.23 bits per heavy atom. The summed E-state index contributed by atoms with van der Waals surface area (Å²) >= 11 is 4.72. The van der Waals surface area contributed by atoms with E-state index in [1.54, 1.807) is 0 Å². The van der Waals surface area contributed by atoms with Gasteiger partial charge in [0.15, 0.2) is 0 Å². The molecule has 0 aliphatic carbocycles. The second-order valence-electron chi connectivity index (χ2n) is 2.97. The Hall–Kier alpha value is -0.840. The highest BCUT2D eigenvalue weighted by Crippen LogP contribution is 1.89. The van der Waals surface area contributed by atoms with Crippen molar-refractivity contribution in [3.63, 3.8) is 0 Å². The Kier molecular flexibility index (Phi) is 6.22. The minimum absolute atomic E-state index is 0.00523. The molecule has 1 unspecified atom stereocenters. The van der Waals surface area contributed by atoms with Gasteiger partial charge in [-0.25, -0.2) is 4.79 Å². The number of hydrogen-bond acceptors (Lipinski definition) is 2. The molecule has 0 fully saturated rings. The van der Waals surface area contributed by atoms with Crippen LogP contribution in [-0.2, 0) is 0 Å². The first-order chi connectivity index (χ1) is 6.06. The van der Waals surface area contributed by atoms with E-state index in [-0.39, 0.29) is 12.1 Å². The Labute approximate surface area is 84.3 Å². The first kappa shape index (κ1) is 12.2. The Bertz CT molecular complexity index is 184. The van der Waals surface area contributed by atoms with Crippen molar-refractivity contribution in [1.29, 1.82) is 0 Å². The third kappa shape index (κ3) is 7.52. The zero-order chi connectivity index (χ0) is 10.3. The van der Waals surface area contributed by atoms with Crippen molar-refractivity contribution in [1.82, 2.24) is 10.6 Å². The molecule has 0 radical (unpaired) electrons. The molecule has 0 aromatic rings. The topological polar surface area (TPSA) is 67.2 Å². The minimum Gasteiger partial charge on any atom is -0.393 e. The third-order valence-electron chi connectivity index (χ3n) is 1.42. The van der Waals surface area contributed by atoms with Crippen LogP contribution >= 0.6 is 12.2 Å². The van der Waals surface area contributed by atoms with Gasteiger partial charge in [-0.3, -0.25) is 0 Å². The van der Waals surface area contributed by atoms with Crippen LogP contribution in [0.5, 0.6) is 0 Å². The number of nitrogens with one attached hydrogen (secondary N) is 2. The predicted octanol–water partition coefficient (Wildman–Crippen LogP) is 0.760. The summed E-state index contributed by atoms with van der Waals surface area (Å²) in [6, 6.07) is -0.167. The quantitative estimate of drug-likeness (QED) is 0.578. The predicted molar refractivity (Wildman–Crippen MR) is 57.7 cm³/mol. The van der Waals surface area contributed by atoms with Crippen molar-refractivity contribution in [2.75, 3.05) is 6.54 Å². The maximum Gasteiger partial charge on any atom is 0.315 e. The molecule has 13 heavy (non-hydrogen) atoms. The molecule has 0 aromatic carbocycles. The van der Waals surface area contributed by atoms with Crippen LogP contribution in [0.2, 0.25) is 0 Å². The van der Waals surface area contributed by atoms with Gasteiger partial charge in [0.25, 0.3) is 0 Å². The number of nitrogens with two attached hydrogens (primary N) is 1. The fourth-order valence-corrected chi connectivity index (χ4v) is 1.12. The van der Waals surface area contributed by atoms with Gasteiger partial charge < -0.3 is 16.4 Å². The summed E-state index contributed by atoms with van der Waals surface area (Å²) in [6.07, 6.45) is 1.46. The molecule has 1 atom stereocenters. The average molecular weight is 203 g/mol. The van der Waals surface area contributed by atoms with Gasteiger partial charge in [0.05, 0.1) is 4.99 Å². The SMILES string of the molecule is CCCNC(=O)NC(C)CC(N)=S. The molecule has 0 rings (SSSR count). The summed E-state index contributed by atoms with van der Waals surface area (Å²) in [4.78, 5) is 11.5. The van der Waals surface area contributed by atoms with Crippen LogP contribution in [-0.4, -0.2) is 23.6 Å². The molecule has 2 amide bonds. The minimum atomic E-state index is -0.161. The van der Waals surface area contributed by atoms with E-state index in [1.165, 1.54) is 0 Å². The van der Waals surface area contributed by atoms with Crippen LogP contribution in [0.15, 0.2) is 0 Å². The Morgan fingerprint density at radius 1 is 1.62 bits per heavy atom. The molecule has 4 nitrogen and oxygen atoms in total. The third-order valence-corrected chi connectivity index (χ3v) is 1.59. The lowest BCUT2D eigenvalue weighted by molar-refractivity contribution is 0.238. The second kappa shape index (κ2) is 6.65. The maximum absolute atomic E-state index is 11.1. The number of rotatable bonds is 5. The van der Waals surface area contributed by atoms with Gasteiger partial charge in [-0.1, -0.05) is 19.1 Å². The molecule has 0 saturated carbocycles. The molecule has 0 heterocycles. The largest absolute Gasteiger partial charge is 0.393 e. The van der Waals surface area contributed by atoms with Crippen molar-refractivity contribution >= 4 is 23.2 Å². The van der Waals surface area contributed by atoms with Crippen molar-refractivity contribution < 1.29 is 4.79 Å². The van der Waals surface area contributed by atoms with E-state index in [0.29, 0.717) is 18.0 Å². The van der Waals surface area contributed by atoms with Crippen molar-refractivity contribution in [3.05, 3.63) is 0 Å². The van der Waals surface area contributed by atoms with E-state index in [0.717, 1.165) is 6.42 Å². The molecule has 76 valence electrons. The van der Waals surface area contributed by atoms with Crippen LogP contribution in [0.3, 0.4) is 0 Å². The number of carbonyl (C=O) groups is 1. The molecular formula is C8H17N3OS. The van der Waals surface area contributed by atoms with E-state index in [1.807, 2.05) is 13.8 Å². The smallest absolute Gasteiger partial charge is 0.315 e. The van der Waals surface area contributed by atoms with Gasteiger partial charge in [-0.2, -0.15) is 0 Å². The van der Waals surface area contributed by atoms with E-state index in [4.69, 9.17) is 18.0 Å². The van der Waals surface area contributed by atoms with Crippen LogP contribution < -0.4 is 16.4 Å². The summed E-state index contributed by atoms with van der Waals surface area (Å²) in [7, 11) is 0. The van der Waals surface area contributed by atoms with Gasteiger partial charge in [-0.05, 0) is 13.3 Å². The van der Waals surface area contributed by atoms with Crippen LogP contribution in [0, 0.1) is 0 Å². The fourth-order valence-electron chi connectivity index (χ4n) is 0.866. The van der Waals surface area contributed by atoms with E-state index in [9.17, 15) is 4.79 Å². The number of hydrogen-bond donors (Lipinski definition) is 3. The molecule has 0 aliphatic heterocycles. The molecule has 0 aliphatic rings. The first-order valence-electron chi connectivity index (χ1n) is 4.39.